The van der Waals surface area contributed by atoms with Crippen LogP contribution >= 0.6 is 0 Å². The molecule has 0 saturated carbocycles. The maximum absolute atomic E-state index is 12.7. The molecule has 3 rings (SSSR count). The number of amides is 1. The minimum Gasteiger partial charge on any atom is -0.497 e. The lowest BCUT2D eigenvalue weighted by molar-refractivity contribution is -0.131. The third kappa shape index (κ3) is 3.11. The number of benzene rings is 1. The normalized spacial score (nSPS) is 17.5. The van der Waals surface area contributed by atoms with Crippen molar-refractivity contribution in [2.45, 2.75) is 25.3 Å². The van der Waals surface area contributed by atoms with Crippen LogP contribution in [-0.4, -0.2) is 29.4 Å². The van der Waals surface area contributed by atoms with Gasteiger partial charge in [-0.15, -0.1) is 0 Å². The number of methoxy groups -OCH3 is 1. The Morgan fingerprint density at radius 1 is 1.32 bits per heavy atom. The van der Waals surface area contributed by atoms with E-state index < -0.39 is 0 Å². The van der Waals surface area contributed by atoms with E-state index in [9.17, 15) is 4.79 Å². The fourth-order valence-corrected chi connectivity index (χ4v) is 3.00. The number of carbonyl (C=O) groups excluding carboxylic acids is 1. The van der Waals surface area contributed by atoms with Gasteiger partial charge in [-0.25, -0.2) is 0 Å². The van der Waals surface area contributed by atoms with Crippen LogP contribution < -0.4 is 4.74 Å². The average molecular weight is 296 g/mol. The van der Waals surface area contributed by atoms with E-state index in [2.05, 4.69) is 4.98 Å². The third-order valence-corrected chi connectivity index (χ3v) is 4.09. The highest BCUT2D eigenvalue weighted by molar-refractivity contribution is 5.79. The van der Waals surface area contributed by atoms with Crippen molar-refractivity contribution in [3.63, 3.8) is 0 Å². The highest BCUT2D eigenvalue weighted by Gasteiger charge is 2.30. The van der Waals surface area contributed by atoms with Gasteiger partial charge in [0.05, 0.1) is 25.3 Å². The number of pyridine rings is 1. The Balaban J connectivity index is 1.73. The van der Waals surface area contributed by atoms with Crippen LogP contribution in [0.25, 0.3) is 0 Å². The van der Waals surface area contributed by atoms with Crippen molar-refractivity contribution in [3.05, 3.63) is 59.9 Å². The molecule has 0 radical (unpaired) electrons. The molecule has 1 aromatic heterocycles. The minimum absolute atomic E-state index is 0.110. The fraction of sp³-hybridized carbons (Fsp3) is 0.333. The second-order valence-electron chi connectivity index (χ2n) is 5.53. The Morgan fingerprint density at radius 3 is 3.00 bits per heavy atom. The number of aromatic nitrogens is 1. The number of likely N-dealkylation sites (tertiary alicyclic amines) is 1. The molecule has 0 aliphatic carbocycles. The number of ether oxygens (including phenoxy) is 1. The van der Waals surface area contributed by atoms with E-state index >= 15 is 0 Å². The molecule has 2 aromatic rings. The molecule has 114 valence electrons. The maximum atomic E-state index is 12.7. The summed E-state index contributed by atoms with van der Waals surface area (Å²) in [4.78, 5) is 19.0. The lowest BCUT2D eigenvalue weighted by Crippen LogP contribution is -2.32. The Labute approximate surface area is 130 Å². The van der Waals surface area contributed by atoms with Gasteiger partial charge in [0.25, 0.3) is 0 Å². The molecule has 1 aliphatic rings. The Kier molecular flexibility index (Phi) is 4.37. The molecule has 22 heavy (non-hydrogen) atoms. The molecule has 1 aliphatic heterocycles. The van der Waals surface area contributed by atoms with Crippen LogP contribution in [0.4, 0.5) is 0 Å². The third-order valence-electron chi connectivity index (χ3n) is 4.09. The first-order valence-electron chi connectivity index (χ1n) is 7.61. The van der Waals surface area contributed by atoms with E-state index in [1.54, 1.807) is 13.3 Å². The molecule has 1 fully saturated rings. The van der Waals surface area contributed by atoms with Gasteiger partial charge in [-0.3, -0.25) is 9.78 Å². The zero-order chi connectivity index (χ0) is 15.4. The quantitative estimate of drug-likeness (QED) is 0.871. The van der Waals surface area contributed by atoms with Crippen LogP contribution in [0.2, 0.25) is 0 Å². The van der Waals surface area contributed by atoms with Gasteiger partial charge < -0.3 is 9.64 Å². The van der Waals surface area contributed by atoms with Gasteiger partial charge in [0.1, 0.15) is 5.75 Å². The van der Waals surface area contributed by atoms with Crippen LogP contribution in [0.15, 0.2) is 48.7 Å². The van der Waals surface area contributed by atoms with Crippen LogP contribution in [0.3, 0.4) is 0 Å². The predicted octanol–water partition coefficient (Wildman–Crippen LogP) is 3.00. The minimum atomic E-state index is 0.110. The summed E-state index contributed by atoms with van der Waals surface area (Å²) in [6.07, 6.45) is 4.21. The molecular formula is C18H20N2O2. The second kappa shape index (κ2) is 6.60. The Morgan fingerprint density at radius 2 is 2.23 bits per heavy atom. The maximum Gasteiger partial charge on any atom is 0.227 e. The first kappa shape index (κ1) is 14.6. The summed E-state index contributed by atoms with van der Waals surface area (Å²) in [5.74, 6) is 0.939. The van der Waals surface area contributed by atoms with E-state index in [0.29, 0.717) is 6.42 Å². The van der Waals surface area contributed by atoms with Crippen molar-refractivity contribution in [2.75, 3.05) is 13.7 Å². The Bertz CT molecular complexity index is 643. The molecule has 1 saturated heterocycles. The summed E-state index contributed by atoms with van der Waals surface area (Å²) in [5.41, 5.74) is 1.97. The predicted molar refractivity (Wildman–Crippen MR) is 84.6 cm³/mol. The lowest BCUT2D eigenvalue weighted by atomic mass is 10.1. The van der Waals surface area contributed by atoms with Gasteiger partial charge in [-0.2, -0.15) is 0 Å². The van der Waals surface area contributed by atoms with Gasteiger partial charge in [0.15, 0.2) is 0 Å². The second-order valence-corrected chi connectivity index (χ2v) is 5.53. The first-order chi connectivity index (χ1) is 10.8. The van der Waals surface area contributed by atoms with Crippen molar-refractivity contribution >= 4 is 5.91 Å². The van der Waals surface area contributed by atoms with Crippen molar-refractivity contribution in [1.29, 1.82) is 0 Å². The van der Waals surface area contributed by atoms with Gasteiger partial charge in [0, 0.05) is 12.7 Å². The fourth-order valence-electron chi connectivity index (χ4n) is 3.00. The van der Waals surface area contributed by atoms with Crippen molar-refractivity contribution < 1.29 is 9.53 Å². The zero-order valence-electron chi connectivity index (χ0n) is 12.7. The van der Waals surface area contributed by atoms with E-state index in [-0.39, 0.29) is 11.9 Å². The van der Waals surface area contributed by atoms with Crippen LogP contribution in [0, 0.1) is 0 Å². The number of rotatable bonds is 4. The number of carbonyl (C=O) groups is 1. The standard InChI is InChI=1S/C18H20N2O2/c1-22-15-7-4-6-14(12-15)13-18(21)20-11-5-9-17(20)16-8-2-3-10-19-16/h2-4,6-8,10,12,17H,5,9,11,13H2,1H3. The molecule has 4 heteroatoms. The number of hydrogen-bond acceptors (Lipinski definition) is 3. The molecular weight excluding hydrogens is 276 g/mol. The zero-order valence-corrected chi connectivity index (χ0v) is 12.7. The molecule has 4 nitrogen and oxygen atoms in total. The molecule has 0 N–H and O–H groups in total. The van der Waals surface area contributed by atoms with Crippen LogP contribution in [-0.2, 0) is 11.2 Å². The topological polar surface area (TPSA) is 42.4 Å². The van der Waals surface area contributed by atoms with Gasteiger partial charge in [-0.1, -0.05) is 18.2 Å². The van der Waals surface area contributed by atoms with Crippen LogP contribution in [0.5, 0.6) is 5.75 Å². The van der Waals surface area contributed by atoms with Crippen molar-refractivity contribution in [2.24, 2.45) is 0 Å². The first-order valence-corrected chi connectivity index (χ1v) is 7.61. The summed E-state index contributed by atoms with van der Waals surface area (Å²) in [6, 6.07) is 13.7. The molecule has 0 bridgehead atoms. The van der Waals surface area contributed by atoms with E-state index in [1.165, 1.54) is 0 Å². The summed E-state index contributed by atoms with van der Waals surface area (Å²) >= 11 is 0. The smallest absolute Gasteiger partial charge is 0.227 e. The summed E-state index contributed by atoms with van der Waals surface area (Å²) in [6.45, 7) is 0.810. The summed E-state index contributed by atoms with van der Waals surface area (Å²) in [5, 5.41) is 0. The molecule has 1 unspecified atom stereocenters. The molecule has 1 atom stereocenters. The highest BCUT2D eigenvalue weighted by atomic mass is 16.5. The summed E-state index contributed by atoms with van der Waals surface area (Å²) in [7, 11) is 1.64. The summed E-state index contributed by atoms with van der Waals surface area (Å²) < 4.78 is 5.22. The molecule has 1 aromatic carbocycles. The van der Waals surface area contributed by atoms with E-state index in [4.69, 9.17) is 4.74 Å². The molecule has 0 spiro atoms. The van der Waals surface area contributed by atoms with Gasteiger partial charge >= 0.3 is 0 Å². The Hall–Kier alpha value is -2.36. The van der Waals surface area contributed by atoms with Crippen molar-refractivity contribution in [1.82, 2.24) is 9.88 Å². The number of hydrogen-bond donors (Lipinski definition) is 0. The monoisotopic (exact) mass is 296 g/mol. The molecule has 2 heterocycles. The average Bonchev–Trinajstić information content (AvgIpc) is 3.05. The highest BCUT2D eigenvalue weighted by Crippen LogP contribution is 2.31. The van der Waals surface area contributed by atoms with Gasteiger partial charge in [-0.05, 0) is 42.7 Å². The SMILES string of the molecule is COc1cccc(CC(=O)N2CCCC2c2ccccn2)c1. The van der Waals surface area contributed by atoms with E-state index in [0.717, 1.165) is 36.4 Å². The number of nitrogens with zero attached hydrogens (tertiary/aromatic N) is 2. The van der Waals surface area contributed by atoms with Crippen LogP contribution in [0.1, 0.15) is 30.1 Å². The largest absolute Gasteiger partial charge is 0.497 e. The molecule has 1 amide bonds. The lowest BCUT2D eigenvalue weighted by Gasteiger charge is -2.24. The van der Waals surface area contributed by atoms with Gasteiger partial charge in [0.2, 0.25) is 5.91 Å². The van der Waals surface area contributed by atoms with E-state index in [1.807, 2.05) is 47.4 Å². The van der Waals surface area contributed by atoms with Crippen molar-refractivity contribution in [3.8, 4) is 5.75 Å².